The number of rotatable bonds is 5. The molecular weight excluding hydrogens is 382 g/mol. The van der Waals surface area contributed by atoms with Gasteiger partial charge in [0.15, 0.2) is 0 Å². The molecule has 1 N–H and O–H groups in total. The first-order valence-electron chi connectivity index (χ1n) is 11.5. The van der Waals surface area contributed by atoms with E-state index in [1.54, 1.807) is 0 Å². The van der Waals surface area contributed by atoms with Gasteiger partial charge in [-0.2, -0.15) is 0 Å². The molecule has 2 saturated heterocycles. The standard InChI is InChI=1S/C23H35N3O2S/c27-21(19-9-15-25(16-10-19)22(28)20-8-7-17-29-20)24-18-23(11-3-1-4-12-23)26-13-5-2-6-14-26/h7-8,17,19H,1-6,9-16,18H2,(H,24,27). The lowest BCUT2D eigenvalue weighted by Gasteiger charge is -2.48. The summed E-state index contributed by atoms with van der Waals surface area (Å²) in [5.74, 6) is 0.365. The third kappa shape index (κ3) is 4.85. The maximum Gasteiger partial charge on any atom is 0.263 e. The Morgan fingerprint density at radius 1 is 1.00 bits per heavy atom. The van der Waals surface area contributed by atoms with Crippen LogP contribution in [0.5, 0.6) is 0 Å². The number of nitrogens with one attached hydrogen (secondary N) is 1. The van der Waals surface area contributed by atoms with E-state index >= 15 is 0 Å². The minimum Gasteiger partial charge on any atom is -0.354 e. The number of carbonyl (C=O) groups is 2. The molecule has 3 aliphatic rings. The van der Waals surface area contributed by atoms with Gasteiger partial charge in [0.1, 0.15) is 0 Å². The van der Waals surface area contributed by atoms with Crippen LogP contribution in [0.2, 0.25) is 0 Å². The smallest absolute Gasteiger partial charge is 0.263 e. The number of carbonyl (C=O) groups excluding carboxylic acids is 2. The van der Waals surface area contributed by atoms with Crippen LogP contribution in [0.1, 0.15) is 73.9 Å². The molecule has 1 aromatic rings. The number of likely N-dealkylation sites (tertiary alicyclic amines) is 2. The van der Waals surface area contributed by atoms with Crippen LogP contribution in [-0.4, -0.2) is 59.9 Å². The fourth-order valence-corrected chi connectivity index (χ4v) is 6.17. The second-order valence-corrected chi connectivity index (χ2v) is 10.0. The van der Waals surface area contributed by atoms with Crippen molar-refractivity contribution < 1.29 is 9.59 Å². The lowest BCUT2D eigenvalue weighted by molar-refractivity contribution is -0.127. The fourth-order valence-electron chi connectivity index (χ4n) is 5.48. The number of amides is 2. The van der Waals surface area contributed by atoms with E-state index in [9.17, 15) is 9.59 Å². The molecular formula is C23H35N3O2S. The van der Waals surface area contributed by atoms with Crippen molar-refractivity contribution >= 4 is 23.2 Å². The summed E-state index contributed by atoms with van der Waals surface area (Å²) in [5.41, 5.74) is 0.185. The normalized spacial score (nSPS) is 23.7. The molecule has 0 aromatic carbocycles. The Kier molecular flexibility index (Phi) is 6.91. The molecule has 0 spiro atoms. The van der Waals surface area contributed by atoms with E-state index < -0.39 is 0 Å². The molecule has 2 amide bonds. The maximum absolute atomic E-state index is 12.9. The summed E-state index contributed by atoms with van der Waals surface area (Å²) in [6.07, 6.45) is 11.9. The first-order chi connectivity index (χ1) is 14.2. The van der Waals surface area contributed by atoms with Crippen molar-refractivity contribution in [1.82, 2.24) is 15.1 Å². The Bertz CT molecular complexity index is 670. The average Bonchev–Trinajstić information content (AvgIpc) is 3.33. The largest absolute Gasteiger partial charge is 0.354 e. The Morgan fingerprint density at radius 3 is 2.34 bits per heavy atom. The minimum atomic E-state index is 0.0457. The summed E-state index contributed by atoms with van der Waals surface area (Å²) >= 11 is 1.49. The van der Waals surface area contributed by atoms with Crippen molar-refractivity contribution in [2.75, 3.05) is 32.7 Å². The number of hydrogen-bond acceptors (Lipinski definition) is 4. The summed E-state index contributed by atoms with van der Waals surface area (Å²) in [4.78, 5) is 30.9. The van der Waals surface area contributed by atoms with E-state index in [-0.39, 0.29) is 23.3 Å². The molecule has 0 radical (unpaired) electrons. The van der Waals surface area contributed by atoms with Gasteiger partial charge in [-0.15, -0.1) is 11.3 Å². The van der Waals surface area contributed by atoms with Crippen molar-refractivity contribution in [1.29, 1.82) is 0 Å². The molecule has 1 aromatic heterocycles. The number of thiophene rings is 1. The zero-order valence-electron chi connectivity index (χ0n) is 17.5. The van der Waals surface area contributed by atoms with Crippen LogP contribution in [0, 0.1) is 5.92 Å². The zero-order chi connectivity index (χ0) is 20.1. The summed E-state index contributed by atoms with van der Waals surface area (Å²) in [5, 5.41) is 5.29. The topological polar surface area (TPSA) is 52.7 Å². The molecule has 0 unspecified atom stereocenters. The van der Waals surface area contributed by atoms with Crippen molar-refractivity contribution in [2.45, 2.75) is 69.7 Å². The fraction of sp³-hybridized carbons (Fsp3) is 0.739. The van der Waals surface area contributed by atoms with Crippen molar-refractivity contribution in [3.05, 3.63) is 22.4 Å². The van der Waals surface area contributed by atoms with Gasteiger partial charge in [0.05, 0.1) is 4.88 Å². The Balaban J connectivity index is 1.29. The second-order valence-electron chi connectivity index (χ2n) is 9.09. The van der Waals surface area contributed by atoms with Gasteiger partial charge >= 0.3 is 0 Å². The first-order valence-corrected chi connectivity index (χ1v) is 12.4. The molecule has 3 heterocycles. The maximum atomic E-state index is 12.9. The highest BCUT2D eigenvalue weighted by molar-refractivity contribution is 7.12. The zero-order valence-corrected chi connectivity index (χ0v) is 18.4. The molecule has 0 atom stereocenters. The molecule has 29 heavy (non-hydrogen) atoms. The molecule has 160 valence electrons. The highest BCUT2D eigenvalue weighted by atomic mass is 32.1. The van der Waals surface area contributed by atoms with Crippen LogP contribution in [0.15, 0.2) is 17.5 Å². The molecule has 4 rings (SSSR count). The van der Waals surface area contributed by atoms with Gasteiger partial charge in [0.25, 0.3) is 5.91 Å². The monoisotopic (exact) mass is 417 g/mol. The Labute approximate surface area is 178 Å². The van der Waals surface area contributed by atoms with E-state index in [0.717, 1.165) is 24.3 Å². The van der Waals surface area contributed by atoms with Gasteiger partial charge in [0.2, 0.25) is 5.91 Å². The Morgan fingerprint density at radius 2 is 1.69 bits per heavy atom. The number of piperidine rings is 2. The number of hydrogen-bond donors (Lipinski definition) is 1. The van der Waals surface area contributed by atoms with Crippen molar-refractivity contribution in [3.63, 3.8) is 0 Å². The summed E-state index contributed by atoms with van der Waals surface area (Å²) in [7, 11) is 0. The quantitative estimate of drug-likeness (QED) is 0.790. The van der Waals surface area contributed by atoms with Crippen LogP contribution in [0.4, 0.5) is 0 Å². The second kappa shape index (κ2) is 9.61. The van der Waals surface area contributed by atoms with E-state index in [2.05, 4.69) is 10.2 Å². The molecule has 3 fully saturated rings. The van der Waals surface area contributed by atoms with Gasteiger partial charge in [-0.05, 0) is 63.1 Å². The van der Waals surface area contributed by atoms with Gasteiger partial charge in [-0.1, -0.05) is 31.7 Å². The predicted molar refractivity (Wildman–Crippen MR) is 117 cm³/mol. The van der Waals surface area contributed by atoms with Crippen LogP contribution in [-0.2, 0) is 4.79 Å². The van der Waals surface area contributed by atoms with Gasteiger partial charge < -0.3 is 10.2 Å². The van der Waals surface area contributed by atoms with Gasteiger partial charge in [-0.3, -0.25) is 14.5 Å². The van der Waals surface area contributed by atoms with Crippen LogP contribution >= 0.6 is 11.3 Å². The first kappa shape index (κ1) is 20.9. The average molecular weight is 418 g/mol. The molecule has 1 aliphatic carbocycles. The van der Waals surface area contributed by atoms with Crippen LogP contribution in [0.25, 0.3) is 0 Å². The Hall–Kier alpha value is -1.40. The molecule has 1 saturated carbocycles. The lowest BCUT2D eigenvalue weighted by Crippen LogP contribution is -2.58. The van der Waals surface area contributed by atoms with Crippen LogP contribution < -0.4 is 5.32 Å². The number of nitrogens with zero attached hydrogens (tertiary/aromatic N) is 2. The van der Waals surface area contributed by atoms with Gasteiger partial charge in [-0.25, -0.2) is 0 Å². The molecule has 5 nitrogen and oxygen atoms in total. The lowest BCUT2D eigenvalue weighted by atomic mass is 9.79. The molecule has 2 aliphatic heterocycles. The van der Waals surface area contributed by atoms with E-state index in [4.69, 9.17) is 0 Å². The SMILES string of the molecule is O=C(NCC1(N2CCCCC2)CCCCC1)C1CCN(C(=O)c2cccs2)CC1. The third-order valence-corrected chi connectivity index (χ3v) is 8.15. The summed E-state index contributed by atoms with van der Waals surface area (Å²) in [6.45, 7) is 4.57. The van der Waals surface area contributed by atoms with Crippen molar-refractivity contribution in [3.8, 4) is 0 Å². The van der Waals surface area contributed by atoms with E-state index in [0.29, 0.717) is 13.1 Å². The highest BCUT2D eigenvalue weighted by Gasteiger charge is 2.39. The van der Waals surface area contributed by atoms with Crippen LogP contribution in [0.3, 0.4) is 0 Å². The molecule has 0 bridgehead atoms. The summed E-state index contributed by atoms with van der Waals surface area (Å²) < 4.78 is 0. The highest BCUT2D eigenvalue weighted by Crippen LogP contribution is 2.35. The van der Waals surface area contributed by atoms with Crippen molar-refractivity contribution in [2.24, 2.45) is 5.92 Å². The summed E-state index contributed by atoms with van der Waals surface area (Å²) in [6, 6.07) is 3.80. The van der Waals surface area contributed by atoms with E-state index in [1.807, 2.05) is 22.4 Å². The van der Waals surface area contributed by atoms with E-state index in [1.165, 1.54) is 75.8 Å². The minimum absolute atomic E-state index is 0.0457. The predicted octanol–water partition coefficient (Wildman–Crippen LogP) is 3.91. The molecule has 6 heteroatoms. The van der Waals surface area contributed by atoms with Gasteiger partial charge in [0, 0.05) is 31.1 Å². The third-order valence-electron chi connectivity index (χ3n) is 7.29.